The molecule has 2 atom stereocenters. The van der Waals surface area contributed by atoms with E-state index in [0.29, 0.717) is 24.0 Å². The summed E-state index contributed by atoms with van der Waals surface area (Å²) in [6.45, 7) is 4.13. The van der Waals surface area contributed by atoms with Crippen LogP contribution in [0.5, 0.6) is 0 Å². The van der Waals surface area contributed by atoms with Gasteiger partial charge in [0, 0.05) is 10.7 Å². The van der Waals surface area contributed by atoms with E-state index < -0.39 is 12.2 Å². The fourth-order valence-electron chi connectivity index (χ4n) is 2.04. The largest absolute Gasteiger partial charge is 0.453 e. The molecule has 1 fully saturated rings. The molecule has 2 unspecified atom stereocenters. The second-order valence-electron chi connectivity index (χ2n) is 5.64. The number of aromatic nitrogens is 3. The van der Waals surface area contributed by atoms with E-state index in [1.54, 1.807) is 20.0 Å². The Morgan fingerprint density at radius 1 is 1.50 bits per heavy atom. The minimum atomic E-state index is -0.556. The van der Waals surface area contributed by atoms with Crippen LogP contribution in [0.3, 0.4) is 0 Å². The predicted molar refractivity (Wildman–Crippen MR) is 84.2 cm³/mol. The molecular weight excluding hydrogens is 350 g/mol. The molecule has 1 saturated carbocycles. The Bertz CT molecular complexity index is 684. The molecule has 3 rings (SSSR count). The molecular formula is C15H18BrN3O3. The van der Waals surface area contributed by atoms with Gasteiger partial charge in [0.25, 0.3) is 0 Å². The van der Waals surface area contributed by atoms with E-state index in [2.05, 4.69) is 30.9 Å². The Hall–Kier alpha value is -1.47. The second-order valence-corrected chi connectivity index (χ2v) is 6.56. The van der Waals surface area contributed by atoms with Crippen LogP contribution in [0, 0.1) is 5.92 Å². The van der Waals surface area contributed by atoms with E-state index in [4.69, 9.17) is 9.47 Å². The Labute approximate surface area is 136 Å². The highest BCUT2D eigenvalue weighted by Gasteiger charge is 2.26. The zero-order valence-corrected chi connectivity index (χ0v) is 14.1. The zero-order chi connectivity index (χ0) is 15.7. The summed E-state index contributed by atoms with van der Waals surface area (Å²) >= 11 is 3.36. The van der Waals surface area contributed by atoms with Gasteiger partial charge in [0.05, 0.1) is 12.1 Å². The summed E-state index contributed by atoms with van der Waals surface area (Å²) in [5, 5.41) is 0. The number of ether oxygens (including phenoxy) is 2. The quantitative estimate of drug-likeness (QED) is 0.793. The summed E-state index contributed by atoms with van der Waals surface area (Å²) in [6.07, 6.45) is 3.03. The first-order chi connectivity index (χ1) is 10.5. The fourth-order valence-corrected chi connectivity index (χ4v) is 2.38. The van der Waals surface area contributed by atoms with Gasteiger partial charge in [-0.25, -0.2) is 14.8 Å². The molecule has 0 aromatic carbocycles. The number of aromatic amines is 1. The maximum atomic E-state index is 12.0. The number of hydrogen-bond donors (Lipinski definition) is 1. The number of halogens is 1. The number of nitrogens with zero attached hydrogens (tertiary/aromatic N) is 2. The summed E-state index contributed by atoms with van der Waals surface area (Å²) in [6, 6.07) is 1.88. The molecule has 6 nitrogen and oxygen atoms in total. The van der Waals surface area contributed by atoms with Gasteiger partial charge < -0.3 is 14.5 Å². The lowest BCUT2D eigenvalue weighted by Gasteiger charge is -2.15. The number of nitrogens with one attached hydrogen (secondary N) is 1. The summed E-state index contributed by atoms with van der Waals surface area (Å²) in [5.74, 6) is 0.818. The molecule has 2 aromatic rings. The molecule has 1 aliphatic carbocycles. The monoisotopic (exact) mass is 367 g/mol. The Kier molecular flexibility index (Phi) is 4.44. The smallest absolute Gasteiger partial charge is 0.335 e. The molecule has 0 radical (unpaired) electrons. The average Bonchev–Trinajstić information content (AvgIpc) is 3.22. The number of pyridine rings is 1. The molecule has 1 N–H and O–H groups in total. The summed E-state index contributed by atoms with van der Waals surface area (Å²) in [7, 11) is 0. The van der Waals surface area contributed by atoms with Crippen LogP contribution in [0.4, 0.5) is 0 Å². The van der Waals surface area contributed by atoms with Gasteiger partial charge in [-0.2, -0.15) is 0 Å². The number of esters is 1. The Balaban J connectivity index is 1.61. The standard InChI is InChI=1S/C15H18BrN3O3/c1-8(22-15(20)9(2)21-7-10-3-4-10)13-18-12-5-11(16)6-17-14(12)19-13/h5-6,8-10H,3-4,7H2,1-2H3,(H,17,18,19). The SMILES string of the molecule is CC(OCC1CC1)C(=O)OC(C)c1nc2ncc(Br)cc2[nH]1. The van der Waals surface area contributed by atoms with E-state index >= 15 is 0 Å². The van der Waals surface area contributed by atoms with Gasteiger partial charge in [-0.1, -0.05) is 0 Å². The molecule has 118 valence electrons. The van der Waals surface area contributed by atoms with Crippen LogP contribution < -0.4 is 0 Å². The van der Waals surface area contributed by atoms with Crippen molar-refractivity contribution >= 4 is 33.1 Å². The number of H-pyrrole nitrogens is 1. The van der Waals surface area contributed by atoms with Crippen LogP contribution >= 0.6 is 15.9 Å². The molecule has 0 saturated heterocycles. The van der Waals surface area contributed by atoms with Crippen molar-refractivity contribution in [3.05, 3.63) is 22.6 Å². The van der Waals surface area contributed by atoms with Crippen LogP contribution in [0.2, 0.25) is 0 Å². The summed E-state index contributed by atoms with van der Waals surface area (Å²) < 4.78 is 11.8. The molecule has 2 heterocycles. The third-order valence-corrected chi connectivity index (χ3v) is 4.04. The molecule has 0 bridgehead atoms. The maximum absolute atomic E-state index is 12.0. The van der Waals surface area contributed by atoms with Gasteiger partial charge in [-0.15, -0.1) is 0 Å². The van der Waals surface area contributed by atoms with Crippen LogP contribution in [0.1, 0.15) is 38.6 Å². The number of carbonyl (C=O) groups is 1. The average molecular weight is 368 g/mol. The summed E-state index contributed by atoms with van der Waals surface area (Å²) in [4.78, 5) is 23.7. The van der Waals surface area contributed by atoms with Crippen molar-refractivity contribution in [2.75, 3.05) is 6.61 Å². The lowest BCUT2D eigenvalue weighted by atomic mass is 10.3. The molecule has 0 amide bonds. The van der Waals surface area contributed by atoms with Gasteiger partial charge >= 0.3 is 5.97 Å². The van der Waals surface area contributed by atoms with E-state index in [9.17, 15) is 4.79 Å². The first-order valence-corrected chi connectivity index (χ1v) is 8.15. The van der Waals surface area contributed by atoms with Gasteiger partial charge in [0.1, 0.15) is 5.82 Å². The number of rotatable bonds is 6. The minimum Gasteiger partial charge on any atom is -0.453 e. The van der Waals surface area contributed by atoms with Crippen molar-refractivity contribution in [1.82, 2.24) is 15.0 Å². The fraction of sp³-hybridized carbons (Fsp3) is 0.533. The normalized spacial score (nSPS) is 17.4. The molecule has 0 aliphatic heterocycles. The minimum absolute atomic E-state index is 0.372. The molecule has 2 aromatic heterocycles. The highest BCUT2D eigenvalue weighted by molar-refractivity contribution is 9.10. The van der Waals surface area contributed by atoms with Crippen molar-refractivity contribution in [3.8, 4) is 0 Å². The van der Waals surface area contributed by atoms with Crippen molar-refractivity contribution in [3.63, 3.8) is 0 Å². The van der Waals surface area contributed by atoms with E-state index in [1.165, 1.54) is 12.8 Å². The second kappa shape index (κ2) is 6.34. The Morgan fingerprint density at radius 3 is 3.00 bits per heavy atom. The highest BCUT2D eigenvalue weighted by atomic mass is 79.9. The van der Waals surface area contributed by atoms with Crippen LogP contribution in [0.25, 0.3) is 11.2 Å². The van der Waals surface area contributed by atoms with Crippen molar-refractivity contribution in [2.24, 2.45) is 5.92 Å². The van der Waals surface area contributed by atoms with Crippen LogP contribution in [-0.4, -0.2) is 33.6 Å². The van der Waals surface area contributed by atoms with Gasteiger partial charge in [-0.3, -0.25) is 0 Å². The van der Waals surface area contributed by atoms with Crippen LogP contribution in [-0.2, 0) is 14.3 Å². The number of fused-ring (bicyclic) bond motifs is 1. The third-order valence-electron chi connectivity index (χ3n) is 3.61. The van der Waals surface area contributed by atoms with Gasteiger partial charge in [0.2, 0.25) is 0 Å². The first kappa shape index (κ1) is 15.4. The van der Waals surface area contributed by atoms with Crippen molar-refractivity contribution in [2.45, 2.75) is 38.9 Å². The van der Waals surface area contributed by atoms with Gasteiger partial charge in [0.15, 0.2) is 17.9 Å². The summed E-state index contributed by atoms with van der Waals surface area (Å²) in [5.41, 5.74) is 1.39. The van der Waals surface area contributed by atoms with Crippen LogP contribution in [0.15, 0.2) is 16.7 Å². The first-order valence-electron chi connectivity index (χ1n) is 7.36. The van der Waals surface area contributed by atoms with E-state index in [-0.39, 0.29) is 5.97 Å². The van der Waals surface area contributed by atoms with E-state index in [0.717, 1.165) is 9.99 Å². The number of hydrogen-bond acceptors (Lipinski definition) is 5. The maximum Gasteiger partial charge on any atom is 0.335 e. The Morgan fingerprint density at radius 2 is 2.27 bits per heavy atom. The number of imidazole rings is 1. The molecule has 0 spiro atoms. The topological polar surface area (TPSA) is 77.1 Å². The highest BCUT2D eigenvalue weighted by Crippen LogP contribution is 2.29. The molecule has 7 heteroatoms. The lowest BCUT2D eigenvalue weighted by molar-refractivity contribution is -0.161. The molecule has 1 aliphatic rings. The lowest BCUT2D eigenvalue weighted by Crippen LogP contribution is -2.25. The van der Waals surface area contributed by atoms with Crippen molar-refractivity contribution in [1.29, 1.82) is 0 Å². The van der Waals surface area contributed by atoms with Crippen molar-refractivity contribution < 1.29 is 14.3 Å². The third kappa shape index (κ3) is 3.64. The molecule has 22 heavy (non-hydrogen) atoms. The zero-order valence-electron chi connectivity index (χ0n) is 12.5. The number of carbonyl (C=O) groups excluding carboxylic acids is 1. The van der Waals surface area contributed by atoms with E-state index in [1.807, 2.05) is 6.07 Å². The predicted octanol–water partition coefficient (Wildman–Crippen LogP) is 3.14. The van der Waals surface area contributed by atoms with Gasteiger partial charge in [-0.05, 0) is 54.6 Å².